The van der Waals surface area contributed by atoms with Gasteiger partial charge in [-0.1, -0.05) is 0 Å². The van der Waals surface area contributed by atoms with Crippen LogP contribution in [-0.4, -0.2) is 22.7 Å². The van der Waals surface area contributed by atoms with Crippen LogP contribution in [0.1, 0.15) is 48.0 Å². The van der Waals surface area contributed by atoms with E-state index in [9.17, 15) is 0 Å². The molecule has 0 amide bonds. The predicted octanol–water partition coefficient (Wildman–Crippen LogP) is 2.73. The summed E-state index contributed by atoms with van der Waals surface area (Å²) in [5.41, 5.74) is -0.400. The lowest BCUT2D eigenvalue weighted by molar-refractivity contribution is -0.264. The predicted molar refractivity (Wildman–Crippen MR) is 57.5 cm³/mol. The van der Waals surface area contributed by atoms with Crippen LogP contribution in [0.4, 0.5) is 0 Å². The smallest absolute Gasteiger partial charge is 0.0973 e. The highest BCUT2D eigenvalue weighted by atomic mass is 16.7. The van der Waals surface area contributed by atoms with Crippen molar-refractivity contribution in [2.24, 2.45) is 0 Å². The van der Waals surface area contributed by atoms with E-state index < -0.39 is 5.60 Å². The zero-order valence-electron chi connectivity index (χ0n) is 10.2. The molecule has 0 aromatic heterocycles. The summed E-state index contributed by atoms with van der Waals surface area (Å²) in [6, 6.07) is 2.79. The first-order valence-electron chi connectivity index (χ1n) is 5.14. The summed E-state index contributed by atoms with van der Waals surface area (Å²) in [7, 11) is 0. The van der Waals surface area contributed by atoms with Gasteiger partial charge in [-0.25, -0.2) is 0 Å². The van der Waals surface area contributed by atoms with Crippen LogP contribution in [0.15, 0.2) is 0 Å². The van der Waals surface area contributed by atoms with Gasteiger partial charge in [0, 0.05) is 12.1 Å². The highest BCUT2D eigenvalue weighted by molar-refractivity contribution is 4.83. The first-order valence-corrected chi connectivity index (χ1v) is 5.14. The molecule has 0 bridgehead atoms. The van der Waals surface area contributed by atoms with Gasteiger partial charge in [0.25, 0.3) is 0 Å². The number of hydrogen-bond acceptors (Lipinski definition) is 3. The van der Waals surface area contributed by atoms with E-state index in [1.165, 1.54) is 0 Å². The van der Waals surface area contributed by atoms with E-state index >= 15 is 0 Å². The van der Waals surface area contributed by atoms with Crippen LogP contribution in [0.25, 0.3) is 0 Å². The van der Waals surface area contributed by atoms with Crippen LogP contribution in [0, 0.1) is 11.3 Å². The Hall–Kier alpha value is -0.590. The molecule has 0 aliphatic heterocycles. The van der Waals surface area contributed by atoms with Crippen LogP contribution >= 0.6 is 0 Å². The largest absolute Gasteiger partial charge is 0.291 e. The molecule has 0 rings (SSSR count). The molecule has 0 aromatic carbocycles. The van der Waals surface area contributed by atoms with Gasteiger partial charge in [0.1, 0.15) is 0 Å². The number of rotatable bonds is 5. The van der Waals surface area contributed by atoms with E-state index in [1.54, 1.807) is 0 Å². The standard InChI is InChI=1S/C11H22N2O/c1-9(2)13(10(3)4)14-11(5,6)7-8-12/h9-10H,7H2,1-6H3. The molecule has 0 aliphatic rings. The molecule has 0 atom stereocenters. The molecule has 0 heterocycles. The molecule has 0 aliphatic carbocycles. The minimum absolute atomic E-state index is 0.327. The Bertz CT molecular complexity index is 196. The Morgan fingerprint density at radius 1 is 1.21 bits per heavy atom. The van der Waals surface area contributed by atoms with Crippen molar-refractivity contribution in [3.63, 3.8) is 0 Å². The Morgan fingerprint density at radius 2 is 1.64 bits per heavy atom. The molecule has 3 heteroatoms. The number of nitrogens with zero attached hydrogens (tertiary/aromatic N) is 2. The second kappa shape index (κ2) is 5.33. The van der Waals surface area contributed by atoms with Gasteiger partial charge in [-0.2, -0.15) is 10.3 Å². The van der Waals surface area contributed by atoms with E-state index in [4.69, 9.17) is 10.1 Å². The summed E-state index contributed by atoms with van der Waals surface area (Å²) < 4.78 is 0. The third-order valence-electron chi connectivity index (χ3n) is 1.88. The van der Waals surface area contributed by atoms with Gasteiger partial charge < -0.3 is 0 Å². The number of hydrogen-bond donors (Lipinski definition) is 0. The molecular weight excluding hydrogens is 176 g/mol. The van der Waals surface area contributed by atoms with Gasteiger partial charge in [0.2, 0.25) is 0 Å². The number of nitriles is 1. The molecule has 0 unspecified atom stereocenters. The highest BCUT2D eigenvalue weighted by Crippen LogP contribution is 2.19. The van der Waals surface area contributed by atoms with E-state index in [2.05, 4.69) is 33.8 Å². The van der Waals surface area contributed by atoms with E-state index in [0.717, 1.165) is 0 Å². The van der Waals surface area contributed by atoms with Crippen molar-refractivity contribution in [3.05, 3.63) is 0 Å². The fraction of sp³-hybridized carbons (Fsp3) is 0.909. The Labute approximate surface area is 87.6 Å². The van der Waals surface area contributed by atoms with Crippen LogP contribution < -0.4 is 0 Å². The molecule has 14 heavy (non-hydrogen) atoms. The Kier molecular flexibility index (Phi) is 5.11. The molecule has 3 nitrogen and oxygen atoms in total. The lowest BCUT2D eigenvalue weighted by atomic mass is 10.1. The number of hydroxylamine groups is 2. The molecule has 82 valence electrons. The molecule has 0 aromatic rings. The monoisotopic (exact) mass is 198 g/mol. The average molecular weight is 198 g/mol. The topological polar surface area (TPSA) is 36.3 Å². The lowest BCUT2D eigenvalue weighted by Gasteiger charge is -2.36. The maximum absolute atomic E-state index is 8.64. The van der Waals surface area contributed by atoms with Crippen molar-refractivity contribution in [2.75, 3.05) is 0 Å². The zero-order valence-corrected chi connectivity index (χ0v) is 10.2. The van der Waals surface area contributed by atoms with Crippen LogP contribution in [0.2, 0.25) is 0 Å². The van der Waals surface area contributed by atoms with Gasteiger partial charge in [0.15, 0.2) is 0 Å². The van der Waals surface area contributed by atoms with Crippen LogP contribution in [0.3, 0.4) is 0 Å². The van der Waals surface area contributed by atoms with Gasteiger partial charge in [-0.3, -0.25) is 4.84 Å². The summed E-state index contributed by atoms with van der Waals surface area (Å²) in [5, 5.41) is 10.6. The summed E-state index contributed by atoms with van der Waals surface area (Å²) in [5.74, 6) is 0. The minimum Gasteiger partial charge on any atom is -0.291 e. The quantitative estimate of drug-likeness (QED) is 0.637. The first kappa shape index (κ1) is 13.4. The van der Waals surface area contributed by atoms with Gasteiger partial charge in [-0.15, -0.1) is 0 Å². The molecule has 0 radical (unpaired) electrons. The molecule has 0 spiro atoms. The summed E-state index contributed by atoms with van der Waals surface area (Å²) in [6.07, 6.45) is 0.406. The maximum Gasteiger partial charge on any atom is 0.0973 e. The SMILES string of the molecule is CC(C)N(OC(C)(C)CC#N)C(C)C. The zero-order chi connectivity index (χ0) is 11.4. The summed E-state index contributed by atoms with van der Waals surface area (Å²) >= 11 is 0. The lowest BCUT2D eigenvalue weighted by Crippen LogP contribution is -2.43. The normalized spacial score (nSPS) is 12.6. The summed E-state index contributed by atoms with van der Waals surface area (Å²) in [6.45, 7) is 12.2. The third-order valence-corrected chi connectivity index (χ3v) is 1.88. The Morgan fingerprint density at radius 3 is 1.93 bits per heavy atom. The van der Waals surface area contributed by atoms with Gasteiger partial charge >= 0.3 is 0 Å². The third kappa shape index (κ3) is 4.59. The van der Waals surface area contributed by atoms with Crippen molar-refractivity contribution in [1.29, 1.82) is 5.26 Å². The summed E-state index contributed by atoms with van der Waals surface area (Å²) in [4.78, 5) is 5.81. The average Bonchev–Trinajstić information content (AvgIpc) is 1.99. The first-order chi connectivity index (χ1) is 6.30. The van der Waals surface area contributed by atoms with Crippen molar-refractivity contribution in [3.8, 4) is 6.07 Å². The van der Waals surface area contributed by atoms with Crippen molar-refractivity contribution < 1.29 is 4.84 Å². The fourth-order valence-corrected chi connectivity index (χ4v) is 1.32. The molecule has 0 saturated carbocycles. The fourth-order valence-electron chi connectivity index (χ4n) is 1.32. The second-order valence-corrected chi connectivity index (χ2v) is 4.73. The van der Waals surface area contributed by atoms with E-state index in [0.29, 0.717) is 18.5 Å². The van der Waals surface area contributed by atoms with Crippen LogP contribution in [0.5, 0.6) is 0 Å². The van der Waals surface area contributed by atoms with Crippen LogP contribution in [-0.2, 0) is 4.84 Å². The van der Waals surface area contributed by atoms with Gasteiger partial charge in [-0.05, 0) is 41.5 Å². The van der Waals surface area contributed by atoms with Crippen molar-refractivity contribution >= 4 is 0 Å². The second-order valence-electron chi connectivity index (χ2n) is 4.73. The van der Waals surface area contributed by atoms with E-state index in [1.807, 2.05) is 18.9 Å². The Balaban J connectivity index is 4.37. The van der Waals surface area contributed by atoms with Crippen molar-refractivity contribution in [1.82, 2.24) is 5.06 Å². The highest BCUT2D eigenvalue weighted by Gasteiger charge is 2.25. The molecule has 0 saturated heterocycles. The minimum atomic E-state index is -0.400. The van der Waals surface area contributed by atoms with E-state index in [-0.39, 0.29) is 0 Å². The molecule has 0 fully saturated rings. The molecule has 0 N–H and O–H groups in total. The van der Waals surface area contributed by atoms with Gasteiger partial charge in [0.05, 0.1) is 18.1 Å². The van der Waals surface area contributed by atoms with Crippen molar-refractivity contribution in [2.45, 2.75) is 65.6 Å². The molecular formula is C11H22N2O. The maximum atomic E-state index is 8.64.